The maximum Gasteiger partial charge on any atom is 0.260 e. The van der Waals surface area contributed by atoms with Crippen LogP contribution in [0.1, 0.15) is 12.2 Å². The molecule has 0 aromatic carbocycles. The third-order valence-corrected chi connectivity index (χ3v) is 4.30. The van der Waals surface area contributed by atoms with Gasteiger partial charge in [-0.3, -0.25) is 9.69 Å². The molecule has 0 unspecified atom stereocenters. The van der Waals surface area contributed by atoms with Gasteiger partial charge in [-0.05, 0) is 19.2 Å². The number of furan rings is 1. The molecule has 0 atom stereocenters. The smallest absolute Gasteiger partial charge is 0.260 e. The number of nitrogens with zero attached hydrogens (tertiary/aromatic N) is 2. The van der Waals surface area contributed by atoms with Crippen LogP contribution in [0.15, 0.2) is 33.0 Å². The molecule has 0 aliphatic carbocycles. The second-order valence-electron chi connectivity index (χ2n) is 5.24. The number of thiophene rings is 1. The lowest BCUT2D eigenvalue weighted by Crippen LogP contribution is -2.24. The third-order valence-electron chi connectivity index (χ3n) is 3.43. The Balaban J connectivity index is 1.87. The number of hydrogen-bond acceptors (Lipinski definition) is 5. The number of aromatic nitrogens is 2. The summed E-state index contributed by atoms with van der Waals surface area (Å²) in [6, 6.07) is 3.54. The largest absolute Gasteiger partial charge is 0.464 e. The maximum absolute atomic E-state index is 12.4. The average molecular weight is 339 g/mol. The standard InChI is InChI=1S/C15H15F2N3O2S/c1-20(5-4-11(16)17)7-12-18-14(21)13-9(8-23-15(13)19-12)10-3-2-6-22-10/h2-3,6,8,11H,4-5,7H2,1H3,(H,18,19,21). The van der Waals surface area contributed by atoms with Crippen LogP contribution in [0.4, 0.5) is 8.78 Å². The Morgan fingerprint density at radius 1 is 1.48 bits per heavy atom. The van der Waals surface area contributed by atoms with E-state index in [0.29, 0.717) is 33.9 Å². The minimum atomic E-state index is -2.33. The summed E-state index contributed by atoms with van der Waals surface area (Å²) in [7, 11) is 1.72. The summed E-state index contributed by atoms with van der Waals surface area (Å²) in [6.45, 7) is 0.549. The highest BCUT2D eigenvalue weighted by Gasteiger charge is 2.15. The topological polar surface area (TPSA) is 62.1 Å². The fourth-order valence-corrected chi connectivity index (χ4v) is 3.28. The summed E-state index contributed by atoms with van der Waals surface area (Å²) in [5, 5.41) is 2.32. The number of nitrogens with one attached hydrogen (secondary N) is 1. The number of aromatic amines is 1. The summed E-state index contributed by atoms with van der Waals surface area (Å²) in [4.78, 5) is 21.8. The summed E-state index contributed by atoms with van der Waals surface area (Å²) >= 11 is 1.36. The van der Waals surface area contributed by atoms with Gasteiger partial charge >= 0.3 is 0 Å². The van der Waals surface area contributed by atoms with E-state index in [0.717, 1.165) is 0 Å². The molecule has 3 aromatic rings. The van der Waals surface area contributed by atoms with Crippen LogP contribution < -0.4 is 5.56 Å². The van der Waals surface area contributed by atoms with Gasteiger partial charge in [-0.1, -0.05) is 0 Å². The molecule has 5 nitrogen and oxygen atoms in total. The molecule has 8 heteroatoms. The van der Waals surface area contributed by atoms with E-state index in [1.165, 1.54) is 11.3 Å². The predicted molar refractivity (Wildman–Crippen MR) is 84.9 cm³/mol. The van der Waals surface area contributed by atoms with E-state index in [-0.39, 0.29) is 18.5 Å². The van der Waals surface area contributed by atoms with Gasteiger partial charge in [0.15, 0.2) is 0 Å². The van der Waals surface area contributed by atoms with E-state index in [2.05, 4.69) is 9.97 Å². The monoisotopic (exact) mass is 339 g/mol. The summed E-state index contributed by atoms with van der Waals surface area (Å²) in [6.07, 6.45) is -0.989. The highest BCUT2D eigenvalue weighted by molar-refractivity contribution is 7.17. The van der Waals surface area contributed by atoms with Gasteiger partial charge in [-0.2, -0.15) is 0 Å². The molecule has 0 aliphatic heterocycles. The molecule has 122 valence electrons. The van der Waals surface area contributed by atoms with E-state index in [9.17, 15) is 13.6 Å². The second kappa shape index (κ2) is 6.59. The molecular weight excluding hydrogens is 324 g/mol. The lowest BCUT2D eigenvalue weighted by Gasteiger charge is -2.15. The van der Waals surface area contributed by atoms with Crippen molar-refractivity contribution < 1.29 is 13.2 Å². The fourth-order valence-electron chi connectivity index (χ4n) is 2.33. The molecule has 23 heavy (non-hydrogen) atoms. The first-order chi connectivity index (χ1) is 11.0. The van der Waals surface area contributed by atoms with Crippen LogP contribution >= 0.6 is 11.3 Å². The van der Waals surface area contributed by atoms with Gasteiger partial charge in [0.25, 0.3) is 5.56 Å². The number of halogens is 2. The Morgan fingerprint density at radius 2 is 2.30 bits per heavy atom. The van der Waals surface area contributed by atoms with Gasteiger partial charge in [-0.25, -0.2) is 13.8 Å². The highest BCUT2D eigenvalue weighted by atomic mass is 32.1. The first kappa shape index (κ1) is 15.8. The lowest BCUT2D eigenvalue weighted by molar-refractivity contribution is 0.120. The first-order valence-corrected chi connectivity index (χ1v) is 7.93. The fraction of sp³-hybridized carbons (Fsp3) is 0.333. The normalized spacial score (nSPS) is 11.9. The molecular formula is C15H15F2N3O2S. The van der Waals surface area contributed by atoms with Crippen LogP contribution in [0.2, 0.25) is 0 Å². The van der Waals surface area contributed by atoms with Crippen molar-refractivity contribution in [1.82, 2.24) is 14.9 Å². The van der Waals surface area contributed by atoms with Gasteiger partial charge in [0.2, 0.25) is 6.43 Å². The summed E-state index contributed by atoms with van der Waals surface area (Å²) in [5.41, 5.74) is 0.460. The number of H-pyrrole nitrogens is 1. The SMILES string of the molecule is CN(CCC(F)F)Cc1nc2scc(-c3ccco3)c2c(=O)[nH]1. The van der Waals surface area contributed by atoms with Crippen LogP contribution in [0, 0.1) is 0 Å². The quantitative estimate of drug-likeness (QED) is 0.748. The zero-order chi connectivity index (χ0) is 16.4. The molecule has 0 amide bonds. The van der Waals surface area contributed by atoms with Crippen LogP contribution in [-0.4, -0.2) is 34.9 Å². The van der Waals surface area contributed by atoms with Crippen molar-refractivity contribution in [3.8, 4) is 11.3 Å². The number of fused-ring (bicyclic) bond motifs is 1. The van der Waals surface area contributed by atoms with Crippen LogP contribution in [-0.2, 0) is 6.54 Å². The molecule has 0 saturated carbocycles. The van der Waals surface area contributed by atoms with Crippen LogP contribution in [0.3, 0.4) is 0 Å². The molecule has 0 fully saturated rings. The molecule has 1 N–H and O–H groups in total. The number of rotatable bonds is 6. The van der Waals surface area contributed by atoms with E-state index >= 15 is 0 Å². The third kappa shape index (κ3) is 3.48. The first-order valence-electron chi connectivity index (χ1n) is 7.05. The molecule has 3 rings (SSSR count). The Kier molecular flexibility index (Phi) is 4.53. The van der Waals surface area contributed by atoms with E-state index in [1.807, 2.05) is 5.38 Å². The van der Waals surface area contributed by atoms with E-state index < -0.39 is 6.43 Å². The van der Waals surface area contributed by atoms with Gasteiger partial charge in [0.1, 0.15) is 16.4 Å². The molecule has 0 saturated heterocycles. The van der Waals surface area contributed by atoms with Crippen LogP contribution in [0.25, 0.3) is 21.5 Å². The summed E-state index contributed by atoms with van der Waals surface area (Å²) < 4.78 is 29.8. The van der Waals surface area contributed by atoms with Gasteiger partial charge in [0.05, 0.1) is 18.2 Å². The Morgan fingerprint density at radius 3 is 3.00 bits per heavy atom. The molecule has 3 heterocycles. The van der Waals surface area contributed by atoms with Crippen molar-refractivity contribution in [2.45, 2.75) is 19.4 Å². The molecule has 0 spiro atoms. The van der Waals surface area contributed by atoms with Crippen molar-refractivity contribution in [3.63, 3.8) is 0 Å². The lowest BCUT2D eigenvalue weighted by atomic mass is 10.2. The van der Waals surface area contributed by atoms with Gasteiger partial charge < -0.3 is 9.40 Å². The van der Waals surface area contributed by atoms with Crippen molar-refractivity contribution in [1.29, 1.82) is 0 Å². The highest BCUT2D eigenvalue weighted by Crippen LogP contribution is 2.30. The predicted octanol–water partition coefficient (Wildman–Crippen LogP) is 3.33. The molecule has 0 radical (unpaired) electrons. The Labute approximate surface area is 134 Å². The van der Waals surface area contributed by atoms with Crippen molar-refractivity contribution in [3.05, 3.63) is 40.0 Å². The van der Waals surface area contributed by atoms with Crippen molar-refractivity contribution in [2.24, 2.45) is 0 Å². The second-order valence-corrected chi connectivity index (χ2v) is 6.10. The van der Waals surface area contributed by atoms with Gasteiger partial charge in [0, 0.05) is 23.9 Å². The van der Waals surface area contributed by atoms with Gasteiger partial charge in [-0.15, -0.1) is 11.3 Å². The van der Waals surface area contributed by atoms with E-state index in [4.69, 9.17) is 4.42 Å². The van der Waals surface area contributed by atoms with Crippen molar-refractivity contribution in [2.75, 3.05) is 13.6 Å². The zero-order valence-electron chi connectivity index (χ0n) is 12.4. The average Bonchev–Trinajstić information content (AvgIpc) is 3.13. The Bertz CT molecular complexity index is 842. The zero-order valence-corrected chi connectivity index (χ0v) is 13.2. The Hall–Kier alpha value is -2.06. The molecule has 0 aliphatic rings. The van der Waals surface area contributed by atoms with Crippen molar-refractivity contribution >= 4 is 21.6 Å². The number of hydrogen-bond donors (Lipinski definition) is 1. The minimum absolute atomic E-state index is 0.204. The maximum atomic E-state index is 12.4. The minimum Gasteiger partial charge on any atom is -0.464 e. The molecule has 0 bridgehead atoms. The summed E-state index contributed by atoms with van der Waals surface area (Å²) in [5.74, 6) is 1.08. The van der Waals surface area contributed by atoms with Crippen LogP contribution in [0.5, 0.6) is 0 Å². The molecule has 3 aromatic heterocycles. The van der Waals surface area contributed by atoms with E-state index in [1.54, 1.807) is 30.3 Å². The number of alkyl halides is 2.